The van der Waals surface area contributed by atoms with Gasteiger partial charge < -0.3 is 19.2 Å². The Morgan fingerprint density at radius 3 is 1.69 bits per heavy atom. The minimum Gasteiger partial charge on any atom is -0.456 e. The lowest BCUT2D eigenvalue weighted by molar-refractivity contribution is 0.590. The van der Waals surface area contributed by atoms with Crippen LogP contribution in [0.1, 0.15) is 130 Å². The number of fused-ring (bicyclic) bond motifs is 13. The van der Waals surface area contributed by atoms with E-state index in [1.54, 1.807) is 0 Å². The molecule has 0 unspecified atom stereocenters. The van der Waals surface area contributed by atoms with E-state index in [2.05, 4.69) is 282 Å². The van der Waals surface area contributed by atoms with Crippen molar-refractivity contribution >= 4 is 111 Å². The van der Waals surface area contributed by atoms with Gasteiger partial charge in [0.1, 0.15) is 11.2 Å². The van der Waals surface area contributed by atoms with Gasteiger partial charge in [0.05, 0.1) is 11.2 Å². The Morgan fingerprint density at radius 1 is 0.469 bits per heavy atom. The van der Waals surface area contributed by atoms with Crippen molar-refractivity contribution < 1.29 is 4.42 Å². The highest BCUT2D eigenvalue weighted by molar-refractivity contribution is 7.29. The maximum absolute atomic E-state index is 6.68. The average molecular weight is 1070 g/mol. The summed E-state index contributed by atoms with van der Waals surface area (Å²) in [6, 6.07) is 65.0. The third-order valence-electron chi connectivity index (χ3n) is 18.1. The van der Waals surface area contributed by atoms with Gasteiger partial charge in [-0.1, -0.05) is 176 Å². The number of rotatable bonds is 6. The van der Waals surface area contributed by atoms with Crippen molar-refractivity contribution in [2.75, 3.05) is 10.2 Å². The number of thiophene rings is 1. The molecular weight excluding hydrogens is 1000 g/mol. The van der Waals surface area contributed by atoms with Gasteiger partial charge in [0, 0.05) is 82.6 Å². The number of para-hydroxylation sites is 1. The molecule has 4 nitrogen and oxygen atoms in total. The van der Waals surface area contributed by atoms with Gasteiger partial charge in [0.25, 0.3) is 0 Å². The highest BCUT2D eigenvalue weighted by Gasteiger charge is 2.39. The summed E-state index contributed by atoms with van der Waals surface area (Å²) in [5.74, 6) is 0. The SMILES string of the molecule is CC(C)(C)c1ccc(Nc2cc3c(cc2-c2ccc4c5cc6c(cc5n5c4c2Bc2sc4ccc(C(C)(C)C)cc4c2-5)oc2ccccc26)-c2ccc(N(c4ccc(C(C)(C)C)cc4)c4ccc(C(C)(C)C)cc4)cc2C3(C)C)cc1. The minimum absolute atomic E-state index is 0.00613. The van der Waals surface area contributed by atoms with Crippen LogP contribution in [0.4, 0.5) is 28.4 Å². The molecule has 402 valence electrons. The summed E-state index contributed by atoms with van der Waals surface area (Å²) < 4.78 is 12.0. The second kappa shape index (κ2) is 17.6. The van der Waals surface area contributed by atoms with Crippen LogP contribution >= 0.6 is 11.3 Å². The normalized spacial score (nSPS) is 14.0. The number of hydrogen-bond acceptors (Lipinski definition) is 4. The molecule has 9 aromatic carbocycles. The Kier molecular flexibility index (Phi) is 11.2. The van der Waals surface area contributed by atoms with Crippen LogP contribution in [-0.2, 0) is 27.1 Å². The predicted molar refractivity (Wildman–Crippen MR) is 352 cm³/mol. The van der Waals surface area contributed by atoms with Crippen LogP contribution in [0.25, 0.3) is 81.8 Å². The lowest BCUT2D eigenvalue weighted by Crippen LogP contribution is -2.35. The molecule has 0 fully saturated rings. The number of anilines is 5. The van der Waals surface area contributed by atoms with Crippen molar-refractivity contribution in [2.45, 2.75) is 124 Å². The molecule has 6 heteroatoms. The van der Waals surface area contributed by atoms with Gasteiger partial charge in [-0.2, -0.15) is 0 Å². The average Bonchev–Trinajstić information content (AvgIpc) is 2.92. The van der Waals surface area contributed by atoms with Crippen molar-refractivity contribution in [3.8, 4) is 27.9 Å². The molecule has 0 amide bonds. The Balaban J connectivity index is 0.991. The van der Waals surface area contributed by atoms with Crippen LogP contribution in [0.3, 0.4) is 0 Å². The topological polar surface area (TPSA) is 33.3 Å². The summed E-state index contributed by atoms with van der Waals surface area (Å²) >= 11 is 1.95. The molecule has 1 aliphatic carbocycles. The van der Waals surface area contributed by atoms with E-state index < -0.39 is 0 Å². The molecule has 0 spiro atoms. The zero-order valence-corrected chi connectivity index (χ0v) is 50.4. The van der Waals surface area contributed by atoms with Gasteiger partial charge in [0.2, 0.25) is 7.28 Å². The molecule has 0 saturated heterocycles. The third-order valence-corrected chi connectivity index (χ3v) is 19.2. The van der Waals surface area contributed by atoms with Gasteiger partial charge in [-0.15, -0.1) is 11.3 Å². The van der Waals surface area contributed by atoms with Crippen molar-refractivity contribution in [2.24, 2.45) is 0 Å². The van der Waals surface area contributed by atoms with E-state index in [9.17, 15) is 0 Å². The fourth-order valence-electron chi connectivity index (χ4n) is 13.3. The second-order valence-electron chi connectivity index (χ2n) is 28.0. The molecule has 0 radical (unpaired) electrons. The van der Waals surface area contributed by atoms with Crippen LogP contribution in [0, 0.1) is 0 Å². The van der Waals surface area contributed by atoms with Crippen molar-refractivity contribution in [1.29, 1.82) is 0 Å². The van der Waals surface area contributed by atoms with Crippen molar-refractivity contribution in [3.63, 3.8) is 0 Å². The summed E-state index contributed by atoms with van der Waals surface area (Å²) in [5.41, 5.74) is 25.4. The fraction of sp³-hybridized carbons (Fsp3) is 0.253. The lowest BCUT2D eigenvalue weighted by atomic mass is 9.63. The van der Waals surface area contributed by atoms with E-state index in [0.29, 0.717) is 0 Å². The Morgan fingerprint density at radius 2 is 1.05 bits per heavy atom. The first-order valence-corrected chi connectivity index (χ1v) is 29.9. The molecule has 12 aromatic rings. The van der Waals surface area contributed by atoms with E-state index in [1.165, 1.54) is 103 Å². The number of furan rings is 1. The van der Waals surface area contributed by atoms with Crippen LogP contribution in [0.2, 0.25) is 0 Å². The molecule has 0 saturated carbocycles. The van der Waals surface area contributed by atoms with Crippen LogP contribution in [0.15, 0.2) is 174 Å². The summed E-state index contributed by atoms with van der Waals surface area (Å²) in [6.45, 7) is 32.4. The van der Waals surface area contributed by atoms with Gasteiger partial charge in [-0.3, -0.25) is 0 Å². The smallest absolute Gasteiger partial charge is 0.211 e. The molecule has 2 aliphatic rings. The summed E-state index contributed by atoms with van der Waals surface area (Å²) in [4.78, 5) is 2.45. The first-order valence-electron chi connectivity index (χ1n) is 29.1. The van der Waals surface area contributed by atoms with E-state index >= 15 is 0 Å². The van der Waals surface area contributed by atoms with E-state index in [4.69, 9.17) is 4.42 Å². The number of nitrogens with one attached hydrogen (secondary N) is 1. The summed E-state index contributed by atoms with van der Waals surface area (Å²) in [6.07, 6.45) is 0. The maximum Gasteiger partial charge on any atom is 0.211 e. The molecule has 14 rings (SSSR count). The number of nitrogens with zero attached hydrogens (tertiary/aromatic N) is 2. The Bertz CT molecular complexity index is 4500. The quantitative estimate of drug-likeness (QED) is 0.169. The summed E-state index contributed by atoms with van der Waals surface area (Å²) in [7, 11) is 0.827. The molecule has 4 heterocycles. The molecule has 1 N–H and O–H groups in total. The van der Waals surface area contributed by atoms with Crippen LogP contribution in [-0.4, -0.2) is 11.8 Å². The van der Waals surface area contributed by atoms with E-state index in [-0.39, 0.29) is 27.1 Å². The predicted octanol–water partition coefficient (Wildman–Crippen LogP) is 20.0. The zero-order valence-electron chi connectivity index (χ0n) is 49.6. The zero-order chi connectivity index (χ0) is 56.4. The number of hydrogen-bond donors (Lipinski definition) is 1. The van der Waals surface area contributed by atoms with E-state index in [1.807, 2.05) is 11.3 Å². The summed E-state index contributed by atoms with van der Waals surface area (Å²) in [5, 5.41) is 10.2. The fourth-order valence-corrected chi connectivity index (χ4v) is 14.5. The highest BCUT2D eigenvalue weighted by atomic mass is 32.1. The Labute approximate surface area is 482 Å². The van der Waals surface area contributed by atoms with Crippen molar-refractivity contribution in [1.82, 2.24) is 4.57 Å². The largest absolute Gasteiger partial charge is 0.456 e. The third kappa shape index (κ3) is 8.21. The molecule has 0 atom stereocenters. The number of aromatic nitrogens is 1. The minimum atomic E-state index is -0.312. The molecule has 1 aliphatic heterocycles. The standard InChI is InChI=1S/C75H72BN3OS/c1-71(2,3)43-19-26-47(27-20-43)77-62-41-61-55(51-33-32-50(38-60(51)75(61,13)14)78(48-28-21-44(22-29-48)72(4,5)6)49-30-23-45(24-31-49)73(7,8)9)39-56(62)53-34-35-54-57-40-58-52-17-15-16-18-64(52)80-65(58)42-63(57)79-68(54)67(53)76-70-69(79)59-37-46(74(10,11)12)25-36-66(59)81-70/h15-42,76-77H,1-14H3. The van der Waals surface area contributed by atoms with Crippen molar-refractivity contribution in [3.05, 3.63) is 203 Å². The van der Waals surface area contributed by atoms with Gasteiger partial charge >= 0.3 is 0 Å². The van der Waals surface area contributed by atoms with Gasteiger partial charge in [-0.05, 0) is 167 Å². The molecular formula is C75H72BN3OS. The highest BCUT2D eigenvalue weighted by Crippen LogP contribution is 2.54. The van der Waals surface area contributed by atoms with Gasteiger partial charge in [-0.25, -0.2) is 0 Å². The van der Waals surface area contributed by atoms with E-state index in [0.717, 1.165) is 57.7 Å². The lowest BCUT2D eigenvalue weighted by Gasteiger charge is -2.29. The molecule has 0 bridgehead atoms. The Hall–Kier alpha value is -7.80. The van der Waals surface area contributed by atoms with Crippen LogP contribution < -0.4 is 20.5 Å². The number of benzene rings is 9. The first-order chi connectivity index (χ1) is 38.4. The molecule has 3 aromatic heterocycles. The first kappa shape index (κ1) is 51.4. The maximum atomic E-state index is 6.68. The second-order valence-corrected chi connectivity index (χ2v) is 29.1. The molecule has 81 heavy (non-hydrogen) atoms. The monoisotopic (exact) mass is 1070 g/mol. The van der Waals surface area contributed by atoms with Crippen LogP contribution in [0.5, 0.6) is 0 Å². The van der Waals surface area contributed by atoms with Gasteiger partial charge in [0.15, 0.2) is 0 Å².